The van der Waals surface area contributed by atoms with Gasteiger partial charge in [-0.15, -0.1) is 0 Å². The number of ether oxygens (including phenoxy) is 1. The molecule has 0 aliphatic rings. The average Bonchev–Trinajstić information content (AvgIpc) is 2.95. The second kappa shape index (κ2) is 7.46. The van der Waals surface area contributed by atoms with Gasteiger partial charge in [0.2, 0.25) is 0 Å². The summed E-state index contributed by atoms with van der Waals surface area (Å²) >= 11 is 1.29. The molecule has 0 atom stereocenters. The lowest BCUT2D eigenvalue weighted by atomic mass is 10.2. The number of nitrogens with one attached hydrogen (secondary N) is 1. The van der Waals surface area contributed by atoms with Gasteiger partial charge >= 0.3 is 5.63 Å². The molecule has 2 aromatic heterocycles. The van der Waals surface area contributed by atoms with Crippen molar-refractivity contribution in [3.63, 3.8) is 0 Å². The van der Waals surface area contributed by atoms with Crippen LogP contribution in [0.4, 0.5) is 10.8 Å². The van der Waals surface area contributed by atoms with E-state index >= 15 is 0 Å². The molecule has 0 fully saturated rings. The van der Waals surface area contributed by atoms with Crippen LogP contribution in [-0.2, 0) is 9.53 Å². The van der Waals surface area contributed by atoms with E-state index in [0.717, 1.165) is 4.70 Å². The van der Waals surface area contributed by atoms with Crippen molar-refractivity contribution in [2.24, 2.45) is 4.99 Å². The van der Waals surface area contributed by atoms with Crippen molar-refractivity contribution in [3.05, 3.63) is 46.0 Å². The minimum absolute atomic E-state index is 0.0208. The minimum atomic E-state index is -0.659. The predicted molar refractivity (Wildman–Crippen MR) is 98.8 cm³/mol. The number of hydrogen-bond donors (Lipinski definition) is 2. The number of aromatic hydroxyl groups is 1. The molecule has 26 heavy (non-hydrogen) atoms. The van der Waals surface area contributed by atoms with Gasteiger partial charge < -0.3 is 14.3 Å². The largest absolute Gasteiger partial charge is 0.507 e. The normalized spacial score (nSPS) is 11.3. The number of carbonyl (C=O) groups is 1. The Morgan fingerprint density at radius 3 is 3.00 bits per heavy atom. The van der Waals surface area contributed by atoms with Crippen molar-refractivity contribution in [2.75, 3.05) is 19.0 Å². The Balaban J connectivity index is 1.85. The first-order chi connectivity index (χ1) is 12.5. The zero-order valence-electron chi connectivity index (χ0n) is 14.0. The van der Waals surface area contributed by atoms with Crippen LogP contribution < -0.4 is 10.9 Å². The number of fused-ring (bicyclic) bond motifs is 1. The molecule has 0 bridgehead atoms. The highest BCUT2D eigenvalue weighted by molar-refractivity contribution is 7.22. The Morgan fingerprint density at radius 1 is 1.46 bits per heavy atom. The maximum atomic E-state index is 11.8. The maximum absolute atomic E-state index is 11.8. The van der Waals surface area contributed by atoms with E-state index in [1.807, 2.05) is 0 Å². The lowest BCUT2D eigenvalue weighted by Crippen LogP contribution is -2.16. The summed E-state index contributed by atoms with van der Waals surface area (Å²) in [6.45, 7) is 1.52. The van der Waals surface area contributed by atoms with Crippen LogP contribution in [0.15, 0.2) is 38.5 Å². The van der Waals surface area contributed by atoms with Crippen LogP contribution in [0.2, 0.25) is 0 Å². The number of thiazole rings is 1. The van der Waals surface area contributed by atoms with Gasteiger partial charge in [-0.2, -0.15) is 0 Å². The number of amides is 1. The van der Waals surface area contributed by atoms with Crippen LogP contribution in [0.25, 0.3) is 10.2 Å². The van der Waals surface area contributed by atoms with Crippen molar-refractivity contribution in [1.82, 2.24) is 4.98 Å². The fourth-order valence-corrected chi connectivity index (χ4v) is 3.11. The lowest BCUT2D eigenvalue weighted by Gasteiger charge is -1.98. The third kappa shape index (κ3) is 3.95. The first kappa shape index (κ1) is 17.8. The summed E-state index contributed by atoms with van der Waals surface area (Å²) in [6.07, 6.45) is 1.25. The van der Waals surface area contributed by atoms with Crippen LogP contribution in [0.3, 0.4) is 0 Å². The Hall–Kier alpha value is -3.04. The molecule has 0 unspecified atom stereocenters. The maximum Gasteiger partial charge on any atom is 0.348 e. The number of aromatic nitrogens is 1. The molecule has 0 spiro atoms. The van der Waals surface area contributed by atoms with E-state index in [-0.39, 0.29) is 23.8 Å². The molecule has 0 saturated carbocycles. The summed E-state index contributed by atoms with van der Waals surface area (Å²) in [5.41, 5.74) is 0.593. The highest BCUT2D eigenvalue weighted by Gasteiger charge is 2.09. The molecule has 3 rings (SSSR count). The Bertz CT molecular complexity index is 1050. The first-order valence-electron chi connectivity index (χ1n) is 7.53. The summed E-state index contributed by atoms with van der Waals surface area (Å²) in [6, 6.07) is 6.58. The van der Waals surface area contributed by atoms with Gasteiger partial charge in [0.25, 0.3) is 5.91 Å². The number of benzene rings is 1. The van der Waals surface area contributed by atoms with Gasteiger partial charge in [0.05, 0.1) is 15.9 Å². The van der Waals surface area contributed by atoms with E-state index in [1.54, 1.807) is 25.1 Å². The number of nitrogens with zero attached hydrogens (tertiary/aromatic N) is 2. The topological polar surface area (TPSA) is 114 Å². The van der Waals surface area contributed by atoms with Gasteiger partial charge in [0, 0.05) is 19.4 Å². The average molecular weight is 373 g/mol. The second-order valence-electron chi connectivity index (χ2n) is 5.35. The molecule has 0 radical (unpaired) electrons. The van der Waals surface area contributed by atoms with Gasteiger partial charge in [-0.3, -0.25) is 15.1 Å². The first-order valence-corrected chi connectivity index (χ1v) is 8.35. The molecule has 0 saturated heterocycles. The highest BCUT2D eigenvalue weighted by atomic mass is 32.1. The number of hydrogen-bond acceptors (Lipinski definition) is 8. The molecule has 2 N–H and O–H groups in total. The van der Waals surface area contributed by atoms with Crippen LogP contribution >= 0.6 is 11.3 Å². The van der Waals surface area contributed by atoms with Gasteiger partial charge in [-0.05, 0) is 25.1 Å². The van der Waals surface area contributed by atoms with Gasteiger partial charge in [0.1, 0.15) is 23.7 Å². The standard InChI is InChI=1S/C17H15N3O5S/c1-9-5-13(21)11(16(23)25-9)7-18-10-3-4-12-14(6-10)26-17(19-12)20-15(22)8-24-2/h3-7,21H,8H2,1-2H3,(H,19,20,22). The van der Waals surface area contributed by atoms with Crippen LogP contribution in [0, 0.1) is 6.92 Å². The third-order valence-electron chi connectivity index (χ3n) is 3.33. The molecular formula is C17H15N3O5S. The summed E-state index contributed by atoms with van der Waals surface area (Å²) in [5.74, 6) is -0.158. The summed E-state index contributed by atoms with van der Waals surface area (Å²) in [4.78, 5) is 31.8. The van der Waals surface area contributed by atoms with E-state index < -0.39 is 5.63 Å². The van der Waals surface area contributed by atoms with E-state index in [9.17, 15) is 14.7 Å². The predicted octanol–water partition coefficient (Wildman–Crippen LogP) is 2.60. The van der Waals surface area contributed by atoms with Crippen LogP contribution in [-0.4, -0.2) is 35.9 Å². The summed E-state index contributed by atoms with van der Waals surface area (Å²) in [7, 11) is 1.44. The molecule has 3 aromatic rings. The molecule has 0 aliphatic carbocycles. The molecule has 1 amide bonds. The third-order valence-corrected chi connectivity index (χ3v) is 4.26. The molecule has 8 nitrogen and oxygen atoms in total. The lowest BCUT2D eigenvalue weighted by molar-refractivity contribution is -0.119. The molecule has 9 heteroatoms. The molecule has 1 aromatic carbocycles. The molecular weight excluding hydrogens is 358 g/mol. The van der Waals surface area contributed by atoms with E-state index in [4.69, 9.17) is 9.15 Å². The zero-order valence-corrected chi connectivity index (χ0v) is 14.8. The number of carbonyl (C=O) groups excluding carboxylic acids is 1. The highest BCUT2D eigenvalue weighted by Crippen LogP contribution is 2.29. The van der Waals surface area contributed by atoms with Gasteiger partial charge in [-0.25, -0.2) is 9.78 Å². The molecule has 134 valence electrons. The SMILES string of the molecule is COCC(=O)Nc1nc2ccc(N=Cc3c(O)cc(C)oc3=O)cc2s1. The van der Waals surface area contributed by atoms with E-state index in [2.05, 4.69) is 15.3 Å². The van der Waals surface area contributed by atoms with Gasteiger partial charge in [-0.1, -0.05) is 11.3 Å². The Morgan fingerprint density at radius 2 is 2.27 bits per heavy atom. The number of anilines is 1. The minimum Gasteiger partial charge on any atom is -0.507 e. The summed E-state index contributed by atoms with van der Waals surface area (Å²) < 4.78 is 10.5. The van der Waals surface area contributed by atoms with E-state index in [0.29, 0.717) is 22.1 Å². The quantitative estimate of drug-likeness (QED) is 0.665. The number of aryl methyl sites for hydroxylation is 1. The molecule has 0 aliphatic heterocycles. The van der Waals surface area contributed by atoms with Crippen molar-refractivity contribution < 1.29 is 19.1 Å². The smallest absolute Gasteiger partial charge is 0.348 e. The van der Waals surface area contributed by atoms with Crippen molar-refractivity contribution in [1.29, 1.82) is 0 Å². The van der Waals surface area contributed by atoms with E-state index in [1.165, 1.54) is 30.7 Å². The Kier molecular flexibility index (Phi) is 5.10. The van der Waals surface area contributed by atoms with Crippen molar-refractivity contribution >= 4 is 44.5 Å². The summed E-state index contributed by atoms with van der Waals surface area (Å²) in [5, 5.41) is 12.9. The van der Waals surface area contributed by atoms with Gasteiger partial charge in [0.15, 0.2) is 5.13 Å². The molecule has 2 heterocycles. The van der Waals surface area contributed by atoms with Crippen molar-refractivity contribution in [2.45, 2.75) is 6.92 Å². The number of methoxy groups -OCH3 is 1. The van der Waals surface area contributed by atoms with Crippen molar-refractivity contribution in [3.8, 4) is 5.75 Å². The fraction of sp³-hybridized carbons (Fsp3) is 0.176. The number of rotatable bonds is 5. The second-order valence-corrected chi connectivity index (χ2v) is 6.38. The van der Waals surface area contributed by atoms with Crippen LogP contribution in [0.1, 0.15) is 11.3 Å². The Labute approximate surface area is 151 Å². The zero-order chi connectivity index (χ0) is 18.7. The number of aliphatic imine (C=N–C) groups is 1. The monoisotopic (exact) mass is 373 g/mol. The fourth-order valence-electron chi connectivity index (χ4n) is 2.20. The van der Waals surface area contributed by atoms with Crippen LogP contribution in [0.5, 0.6) is 5.75 Å².